The summed E-state index contributed by atoms with van der Waals surface area (Å²) in [6.07, 6.45) is 0. The molecule has 86 valence electrons. The number of hydrogen-bond acceptors (Lipinski definition) is 2. The second-order valence-corrected chi connectivity index (χ2v) is 4.32. The van der Waals surface area contributed by atoms with Gasteiger partial charge in [0.2, 0.25) is 0 Å². The Bertz CT molecular complexity index is 562. The van der Waals surface area contributed by atoms with Crippen molar-refractivity contribution in [3.63, 3.8) is 0 Å². The van der Waals surface area contributed by atoms with E-state index in [1.165, 1.54) is 12.1 Å². The van der Waals surface area contributed by atoms with E-state index in [1.807, 2.05) is 0 Å². The van der Waals surface area contributed by atoms with Gasteiger partial charge in [0.25, 0.3) is 0 Å². The SMILES string of the molecule is O=C(c1ccc(Cl)cc1)c1cccc(Cl)c1O. The van der Waals surface area contributed by atoms with E-state index in [0.717, 1.165) is 0 Å². The lowest BCUT2D eigenvalue weighted by Gasteiger charge is -2.05. The van der Waals surface area contributed by atoms with Crippen molar-refractivity contribution < 1.29 is 9.90 Å². The smallest absolute Gasteiger partial charge is 0.196 e. The highest BCUT2D eigenvalue weighted by Gasteiger charge is 2.14. The van der Waals surface area contributed by atoms with E-state index in [-0.39, 0.29) is 22.1 Å². The van der Waals surface area contributed by atoms with Crippen molar-refractivity contribution in [2.75, 3.05) is 0 Å². The summed E-state index contributed by atoms with van der Waals surface area (Å²) in [5.74, 6) is -0.490. The summed E-state index contributed by atoms with van der Waals surface area (Å²) in [6.45, 7) is 0. The van der Waals surface area contributed by atoms with Crippen LogP contribution >= 0.6 is 23.2 Å². The first-order valence-corrected chi connectivity index (χ1v) is 5.63. The summed E-state index contributed by atoms with van der Waals surface area (Å²) in [4.78, 5) is 12.1. The molecule has 0 aromatic heterocycles. The van der Waals surface area contributed by atoms with Crippen LogP contribution in [0.1, 0.15) is 15.9 Å². The molecule has 4 heteroatoms. The van der Waals surface area contributed by atoms with Crippen LogP contribution in [0.5, 0.6) is 5.75 Å². The van der Waals surface area contributed by atoms with Crippen molar-refractivity contribution in [1.29, 1.82) is 0 Å². The van der Waals surface area contributed by atoms with Crippen molar-refractivity contribution in [2.24, 2.45) is 0 Å². The van der Waals surface area contributed by atoms with Crippen LogP contribution in [0.3, 0.4) is 0 Å². The van der Waals surface area contributed by atoms with Gasteiger partial charge in [0.15, 0.2) is 5.78 Å². The minimum absolute atomic E-state index is 0.157. The zero-order valence-electron chi connectivity index (χ0n) is 8.65. The molecule has 0 atom stereocenters. The average Bonchev–Trinajstić information content (AvgIpc) is 2.33. The second-order valence-electron chi connectivity index (χ2n) is 3.47. The number of carbonyl (C=O) groups is 1. The first kappa shape index (κ1) is 12.0. The fraction of sp³-hybridized carbons (Fsp3) is 0. The van der Waals surface area contributed by atoms with E-state index >= 15 is 0 Å². The van der Waals surface area contributed by atoms with Gasteiger partial charge in [-0.15, -0.1) is 0 Å². The first-order chi connectivity index (χ1) is 8.09. The quantitative estimate of drug-likeness (QED) is 0.837. The van der Waals surface area contributed by atoms with Crippen LogP contribution in [-0.2, 0) is 0 Å². The van der Waals surface area contributed by atoms with Gasteiger partial charge in [-0.25, -0.2) is 0 Å². The van der Waals surface area contributed by atoms with Gasteiger partial charge in [0.1, 0.15) is 5.75 Å². The van der Waals surface area contributed by atoms with Crippen LogP contribution < -0.4 is 0 Å². The fourth-order valence-corrected chi connectivity index (χ4v) is 1.76. The van der Waals surface area contributed by atoms with Gasteiger partial charge < -0.3 is 5.11 Å². The molecule has 0 aliphatic heterocycles. The number of benzene rings is 2. The molecule has 2 nitrogen and oxygen atoms in total. The van der Waals surface area contributed by atoms with Gasteiger partial charge in [-0.1, -0.05) is 29.3 Å². The van der Waals surface area contributed by atoms with Crippen molar-refractivity contribution in [3.8, 4) is 5.75 Å². The van der Waals surface area contributed by atoms with E-state index in [2.05, 4.69) is 0 Å². The minimum Gasteiger partial charge on any atom is -0.506 e. The van der Waals surface area contributed by atoms with E-state index in [1.54, 1.807) is 30.3 Å². The predicted octanol–water partition coefficient (Wildman–Crippen LogP) is 3.93. The number of carbonyl (C=O) groups excluding carboxylic acids is 1. The maximum atomic E-state index is 12.1. The Kier molecular flexibility index (Phi) is 3.36. The molecule has 1 N–H and O–H groups in total. The normalized spacial score (nSPS) is 10.2. The Morgan fingerprint density at radius 3 is 2.29 bits per heavy atom. The molecular formula is C13H8Cl2O2. The molecule has 0 saturated carbocycles. The van der Waals surface area contributed by atoms with Crippen LogP contribution in [0.4, 0.5) is 0 Å². The topological polar surface area (TPSA) is 37.3 Å². The first-order valence-electron chi connectivity index (χ1n) is 4.87. The minimum atomic E-state index is -0.290. The molecule has 0 heterocycles. The Morgan fingerprint density at radius 1 is 1.00 bits per heavy atom. The van der Waals surface area contributed by atoms with Gasteiger partial charge in [0.05, 0.1) is 10.6 Å². The lowest BCUT2D eigenvalue weighted by Crippen LogP contribution is -2.01. The highest BCUT2D eigenvalue weighted by atomic mass is 35.5. The number of rotatable bonds is 2. The molecule has 0 aliphatic carbocycles. The zero-order chi connectivity index (χ0) is 12.4. The Labute approximate surface area is 108 Å². The summed E-state index contributed by atoms with van der Waals surface area (Å²) < 4.78 is 0. The predicted molar refractivity (Wildman–Crippen MR) is 68.0 cm³/mol. The lowest BCUT2D eigenvalue weighted by molar-refractivity contribution is 0.103. The number of para-hydroxylation sites is 1. The molecule has 0 unspecified atom stereocenters. The molecule has 2 aromatic rings. The molecule has 0 amide bonds. The van der Waals surface area contributed by atoms with Crippen LogP contribution in [0, 0.1) is 0 Å². The lowest BCUT2D eigenvalue weighted by atomic mass is 10.0. The monoisotopic (exact) mass is 266 g/mol. The summed E-state index contributed by atoms with van der Waals surface area (Å²) in [7, 11) is 0. The third-order valence-corrected chi connectivity index (χ3v) is 2.89. The van der Waals surface area contributed by atoms with Gasteiger partial charge >= 0.3 is 0 Å². The molecule has 0 radical (unpaired) electrons. The maximum absolute atomic E-state index is 12.1. The Morgan fingerprint density at radius 2 is 1.65 bits per heavy atom. The summed E-state index contributed by atoms with van der Waals surface area (Å²) in [5, 5.41) is 10.4. The van der Waals surface area contributed by atoms with E-state index < -0.39 is 0 Å². The van der Waals surface area contributed by atoms with Gasteiger partial charge in [-0.2, -0.15) is 0 Å². The van der Waals surface area contributed by atoms with Gasteiger partial charge in [0, 0.05) is 10.6 Å². The number of ketones is 1. The van der Waals surface area contributed by atoms with E-state index in [9.17, 15) is 9.90 Å². The van der Waals surface area contributed by atoms with Gasteiger partial charge in [-0.05, 0) is 36.4 Å². The summed E-state index contributed by atoms with van der Waals surface area (Å²) >= 11 is 11.5. The molecule has 0 fully saturated rings. The summed E-state index contributed by atoms with van der Waals surface area (Å²) in [6, 6.07) is 11.1. The largest absolute Gasteiger partial charge is 0.506 e. The highest BCUT2D eigenvalue weighted by molar-refractivity contribution is 6.33. The average molecular weight is 267 g/mol. The van der Waals surface area contributed by atoms with Crippen molar-refractivity contribution in [3.05, 3.63) is 63.6 Å². The Hall–Kier alpha value is -1.51. The third-order valence-electron chi connectivity index (χ3n) is 2.34. The van der Waals surface area contributed by atoms with Crippen molar-refractivity contribution in [2.45, 2.75) is 0 Å². The molecule has 0 aliphatic rings. The number of phenolic OH excluding ortho intramolecular Hbond substituents is 1. The number of aromatic hydroxyl groups is 1. The van der Waals surface area contributed by atoms with Crippen LogP contribution in [0.15, 0.2) is 42.5 Å². The number of halogens is 2. The molecule has 0 bridgehead atoms. The molecule has 0 spiro atoms. The van der Waals surface area contributed by atoms with Crippen LogP contribution in [0.2, 0.25) is 10.0 Å². The van der Waals surface area contributed by atoms with E-state index in [0.29, 0.717) is 10.6 Å². The van der Waals surface area contributed by atoms with Crippen molar-refractivity contribution in [1.82, 2.24) is 0 Å². The molecule has 17 heavy (non-hydrogen) atoms. The van der Waals surface area contributed by atoms with Crippen LogP contribution in [0.25, 0.3) is 0 Å². The number of hydrogen-bond donors (Lipinski definition) is 1. The second kappa shape index (κ2) is 4.78. The molecular weight excluding hydrogens is 259 g/mol. The molecule has 0 saturated heterocycles. The fourth-order valence-electron chi connectivity index (χ4n) is 1.46. The molecule has 2 aromatic carbocycles. The maximum Gasteiger partial charge on any atom is 0.196 e. The zero-order valence-corrected chi connectivity index (χ0v) is 10.2. The van der Waals surface area contributed by atoms with Crippen LogP contribution in [-0.4, -0.2) is 10.9 Å². The van der Waals surface area contributed by atoms with E-state index in [4.69, 9.17) is 23.2 Å². The Balaban J connectivity index is 2.44. The third kappa shape index (κ3) is 2.43. The summed E-state index contributed by atoms with van der Waals surface area (Å²) in [5.41, 5.74) is 0.631. The number of phenols is 1. The molecule has 2 rings (SSSR count). The van der Waals surface area contributed by atoms with Crippen molar-refractivity contribution >= 4 is 29.0 Å². The standard InChI is InChI=1S/C13H8Cl2O2/c14-9-6-4-8(5-7-9)12(16)10-2-1-3-11(15)13(10)17/h1-7,17H. The highest BCUT2D eigenvalue weighted by Crippen LogP contribution is 2.28. The van der Waals surface area contributed by atoms with Gasteiger partial charge in [-0.3, -0.25) is 4.79 Å².